The molecule has 4 aromatic rings. The minimum absolute atomic E-state index is 0.140. The molecule has 0 fully saturated rings. The van der Waals surface area contributed by atoms with Gasteiger partial charge in [-0.25, -0.2) is 0 Å². The number of thioether (sulfide) groups is 1. The van der Waals surface area contributed by atoms with Crippen molar-refractivity contribution in [2.45, 2.75) is 11.8 Å². The Morgan fingerprint density at radius 3 is 2.73 bits per heavy atom. The molecule has 0 aliphatic rings. The van der Waals surface area contributed by atoms with Gasteiger partial charge >= 0.3 is 0 Å². The fourth-order valence-corrected chi connectivity index (χ4v) is 3.82. The second-order valence-electron chi connectivity index (χ2n) is 6.60. The first-order valence-electron chi connectivity index (χ1n) is 9.26. The van der Waals surface area contributed by atoms with Crippen molar-refractivity contribution < 1.29 is 9.53 Å². The molecule has 0 radical (unpaired) electrons. The third-order valence-electron chi connectivity index (χ3n) is 4.45. The molecule has 0 aliphatic carbocycles. The molecule has 6 nitrogen and oxygen atoms in total. The van der Waals surface area contributed by atoms with E-state index in [-0.39, 0.29) is 18.3 Å². The van der Waals surface area contributed by atoms with E-state index in [0.717, 1.165) is 11.1 Å². The molecule has 0 bridgehead atoms. The van der Waals surface area contributed by atoms with Crippen LogP contribution in [-0.2, 0) is 18.4 Å². The van der Waals surface area contributed by atoms with Gasteiger partial charge in [-0.1, -0.05) is 59.8 Å². The topological polar surface area (TPSA) is 69.0 Å². The van der Waals surface area contributed by atoms with Gasteiger partial charge in [-0.05, 0) is 41.1 Å². The van der Waals surface area contributed by atoms with Crippen LogP contribution in [0.2, 0.25) is 5.02 Å². The Morgan fingerprint density at radius 2 is 1.90 bits per heavy atom. The molecule has 3 aromatic carbocycles. The molecule has 1 N–H and O–H groups in total. The normalized spacial score (nSPS) is 10.9. The molecule has 1 amide bonds. The summed E-state index contributed by atoms with van der Waals surface area (Å²) in [6.45, 7) is 0.289. The standard InChI is InChI=1S/C22H19ClN4O2S/c1-27-20(13-29-19-10-9-15-5-2-3-6-16(15)11-19)25-26-22(27)30-14-21(28)24-18-8-4-7-17(23)12-18/h2-12H,13-14H2,1H3,(H,24,28). The zero-order chi connectivity index (χ0) is 20.9. The van der Waals surface area contributed by atoms with E-state index in [9.17, 15) is 4.79 Å². The number of nitrogens with zero attached hydrogens (tertiary/aromatic N) is 3. The molecule has 30 heavy (non-hydrogen) atoms. The average Bonchev–Trinajstić information content (AvgIpc) is 3.10. The van der Waals surface area contributed by atoms with E-state index >= 15 is 0 Å². The molecule has 0 unspecified atom stereocenters. The van der Waals surface area contributed by atoms with Crippen LogP contribution in [0.4, 0.5) is 5.69 Å². The minimum Gasteiger partial charge on any atom is -0.486 e. The molecule has 0 atom stereocenters. The number of ether oxygens (including phenoxy) is 1. The fourth-order valence-electron chi connectivity index (χ4n) is 2.89. The first kappa shape index (κ1) is 20.3. The molecule has 0 saturated carbocycles. The van der Waals surface area contributed by atoms with Gasteiger partial charge in [0, 0.05) is 17.8 Å². The molecule has 152 valence electrons. The summed E-state index contributed by atoms with van der Waals surface area (Å²) < 4.78 is 7.72. The Morgan fingerprint density at radius 1 is 1.07 bits per heavy atom. The number of halogens is 1. The number of carbonyl (C=O) groups is 1. The van der Waals surface area contributed by atoms with Crippen LogP contribution in [0, 0.1) is 0 Å². The van der Waals surface area contributed by atoms with Gasteiger partial charge in [0.05, 0.1) is 5.75 Å². The van der Waals surface area contributed by atoms with Gasteiger partial charge in [-0.3, -0.25) is 4.79 Å². The van der Waals surface area contributed by atoms with E-state index in [1.165, 1.54) is 17.1 Å². The highest BCUT2D eigenvalue weighted by Gasteiger charge is 2.12. The van der Waals surface area contributed by atoms with Crippen LogP contribution in [0.25, 0.3) is 10.8 Å². The summed E-state index contributed by atoms with van der Waals surface area (Å²) >= 11 is 7.25. The maximum atomic E-state index is 12.2. The molecule has 4 rings (SSSR count). The molecule has 1 heterocycles. The summed E-state index contributed by atoms with van der Waals surface area (Å²) in [5, 5.41) is 14.7. The van der Waals surface area contributed by atoms with Crippen LogP contribution < -0.4 is 10.1 Å². The lowest BCUT2D eigenvalue weighted by Gasteiger charge is -2.08. The van der Waals surface area contributed by atoms with Crippen molar-refractivity contribution in [2.75, 3.05) is 11.1 Å². The van der Waals surface area contributed by atoms with Gasteiger partial charge in [-0.15, -0.1) is 10.2 Å². The summed E-state index contributed by atoms with van der Waals surface area (Å²) in [6, 6.07) is 21.1. The van der Waals surface area contributed by atoms with E-state index in [4.69, 9.17) is 16.3 Å². The summed E-state index contributed by atoms with van der Waals surface area (Å²) in [4.78, 5) is 12.2. The number of fused-ring (bicyclic) bond motifs is 1. The Labute approximate surface area is 183 Å². The van der Waals surface area contributed by atoms with Crippen molar-refractivity contribution in [2.24, 2.45) is 7.05 Å². The van der Waals surface area contributed by atoms with Crippen LogP contribution in [0.15, 0.2) is 71.9 Å². The maximum absolute atomic E-state index is 12.2. The van der Waals surface area contributed by atoms with Crippen LogP contribution in [0.5, 0.6) is 5.75 Å². The summed E-state index contributed by atoms with van der Waals surface area (Å²) in [7, 11) is 1.86. The van der Waals surface area contributed by atoms with Crippen LogP contribution >= 0.6 is 23.4 Å². The van der Waals surface area contributed by atoms with E-state index < -0.39 is 0 Å². The fraction of sp³-hybridized carbons (Fsp3) is 0.136. The third kappa shape index (κ3) is 4.93. The predicted molar refractivity (Wildman–Crippen MR) is 120 cm³/mol. The molecular weight excluding hydrogens is 420 g/mol. The van der Waals surface area contributed by atoms with Gasteiger partial charge in [0.1, 0.15) is 12.4 Å². The van der Waals surface area contributed by atoms with E-state index in [1.54, 1.807) is 24.3 Å². The van der Waals surface area contributed by atoms with E-state index in [0.29, 0.717) is 21.7 Å². The van der Waals surface area contributed by atoms with Gasteiger partial charge in [0.2, 0.25) is 5.91 Å². The number of anilines is 1. The van der Waals surface area contributed by atoms with Crippen molar-refractivity contribution in [3.05, 3.63) is 77.6 Å². The van der Waals surface area contributed by atoms with Crippen LogP contribution in [0.1, 0.15) is 5.82 Å². The summed E-state index contributed by atoms with van der Waals surface area (Å²) in [6.07, 6.45) is 0. The second-order valence-corrected chi connectivity index (χ2v) is 7.98. The Hall–Kier alpha value is -3.03. The first-order valence-corrected chi connectivity index (χ1v) is 10.6. The summed E-state index contributed by atoms with van der Waals surface area (Å²) in [5.74, 6) is 1.52. The van der Waals surface area contributed by atoms with Crippen molar-refractivity contribution in [1.82, 2.24) is 14.8 Å². The molecule has 0 spiro atoms. The van der Waals surface area contributed by atoms with Crippen molar-refractivity contribution in [3.63, 3.8) is 0 Å². The number of hydrogen-bond donors (Lipinski definition) is 1. The average molecular weight is 439 g/mol. The predicted octanol–water partition coefficient (Wildman–Crippen LogP) is 4.93. The molecular formula is C22H19ClN4O2S. The van der Waals surface area contributed by atoms with Crippen molar-refractivity contribution in [3.8, 4) is 5.75 Å². The SMILES string of the molecule is Cn1c(COc2ccc3ccccc3c2)nnc1SCC(=O)Nc1cccc(Cl)c1. The maximum Gasteiger partial charge on any atom is 0.234 e. The van der Waals surface area contributed by atoms with Crippen molar-refractivity contribution in [1.29, 1.82) is 0 Å². The Kier molecular flexibility index (Phi) is 6.21. The number of hydrogen-bond acceptors (Lipinski definition) is 5. The number of benzene rings is 3. The number of amides is 1. The molecule has 1 aromatic heterocycles. The van der Waals surface area contributed by atoms with E-state index in [1.807, 2.05) is 48.0 Å². The highest BCUT2D eigenvalue weighted by molar-refractivity contribution is 7.99. The molecule has 0 saturated heterocycles. The largest absolute Gasteiger partial charge is 0.486 e. The quantitative estimate of drug-likeness (QED) is 0.414. The molecule has 0 aliphatic heterocycles. The van der Waals surface area contributed by atoms with Gasteiger partial charge in [0.15, 0.2) is 11.0 Å². The van der Waals surface area contributed by atoms with Crippen LogP contribution in [-0.4, -0.2) is 26.4 Å². The highest BCUT2D eigenvalue weighted by Crippen LogP contribution is 2.22. The second kappa shape index (κ2) is 9.19. The van der Waals surface area contributed by atoms with Crippen molar-refractivity contribution >= 4 is 45.7 Å². The Balaban J connectivity index is 1.33. The number of nitrogens with one attached hydrogen (secondary N) is 1. The van der Waals surface area contributed by atoms with E-state index in [2.05, 4.69) is 21.6 Å². The zero-order valence-electron chi connectivity index (χ0n) is 16.2. The lowest BCUT2D eigenvalue weighted by molar-refractivity contribution is -0.113. The third-order valence-corrected chi connectivity index (χ3v) is 5.71. The molecule has 8 heteroatoms. The zero-order valence-corrected chi connectivity index (χ0v) is 17.8. The van der Waals surface area contributed by atoms with Crippen LogP contribution in [0.3, 0.4) is 0 Å². The first-order chi connectivity index (χ1) is 14.6. The smallest absolute Gasteiger partial charge is 0.234 e. The number of rotatable bonds is 7. The summed E-state index contributed by atoms with van der Waals surface area (Å²) in [5.41, 5.74) is 0.663. The monoisotopic (exact) mass is 438 g/mol. The van der Waals surface area contributed by atoms with Gasteiger partial charge in [-0.2, -0.15) is 0 Å². The van der Waals surface area contributed by atoms with Gasteiger partial charge < -0.3 is 14.6 Å². The van der Waals surface area contributed by atoms with Gasteiger partial charge in [0.25, 0.3) is 0 Å². The lowest BCUT2D eigenvalue weighted by atomic mass is 10.1. The number of carbonyl (C=O) groups excluding carboxylic acids is 1. The highest BCUT2D eigenvalue weighted by atomic mass is 35.5. The minimum atomic E-state index is -0.140. The lowest BCUT2D eigenvalue weighted by Crippen LogP contribution is -2.14. The Bertz CT molecular complexity index is 1190. The number of aromatic nitrogens is 3.